The summed E-state index contributed by atoms with van der Waals surface area (Å²) in [5, 5.41) is 0.650. The van der Waals surface area contributed by atoms with Crippen LogP contribution in [0, 0.1) is 0 Å². The Balaban J connectivity index is 1.61. The van der Waals surface area contributed by atoms with Crippen LogP contribution in [0.25, 0.3) is 0 Å². The molecule has 0 atom stereocenters. The van der Waals surface area contributed by atoms with Gasteiger partial charge in [0.2, 0.25) is 0 Å². The van der Waals surface area contributed by atoms with Crippen molar-refractivity contribution >= 4 is 23.5 Å². The van der Waals surface area contributed by atoms with Gasteiger partial charge in [-0.25, -0.2) is 0 Å². The number of ether oxygens (including phenoxy) is 1. The minimum atomic E-state index is -0.591. The molecule has 0 aromatic heterocycles. The molecule has 2 aliphatic rings. The fraction of sp³-hybridized carbons (Fsp3) is 0.556. The van der Waals surface area contributed by atoms with Crippen molar-refractivity contribution in [3.8, 4) is 0 Å². The van der Waals surface area contributed by atoms with Crippen molar-refractivity contribution < 1.29 is 14.3 Å². The average molecular weight is 336 g/mol. The standard InChI is InChI=1S/C18H22ClNO3/c19-15-7-5-14(6-8-15)18(9-4-10-18)17(22)23-13-16(21)20-11-2-1-3-12-20/h5-8H,1-4,9-13H2. The van der Waals surface area contributed by atoms with Crippen LogP contribution in [0.4, 0.5) is 0 Å². The molecule has 0 N–H and O–H groups in total. The molecule has 0 radical (unpaired) electrons. The molecule has 1 amide bonds. The molecule has 0 spiro atoms. The summed E-state index contributed by atoms with van der Waals surface area (Å²) in [6.07, 6.45) is 5.78. The molecule has 0 unspecified atom stereocenters. The number of piperidine rings is 1. The van der Waals surface area contributed by atoms with Gasteiger partial charge in [-0.1, -0.05) is 30.2 Å². The summed E-state index contributed by atoms with van der Waals surface area (Å²) in [5.74, 6) is -0.361. The Morgan fingerprint density at radius 3 is 2.26 bits per heavy atom. The summed E-state index contributed by atoms with van der Waals surface area (Å²) in [5.41, 5.74) is 0.343. The lowest BCUT2D eigenvalue weighted by Crippen LogP contribution is -2.45. The zero-order valence-corrected chi connectivity index (χ0v) is 14.0. The van der Waals surface area contributed by atoms with Crippen LogP contribution in [0.15, 0.2) is 24.3 Å². The Kier molecular flexibility index (Phi) is 4.90. The molecule has 5 heteroatoms. The van der Waals surface area contributed by atoms with Crippen LogP contribution in [-0.4, -0.2) is 36.5 Å². The SMILES string of the molecule is O=C(COC(=O)C1(c2ccc(Cl)cc2)CCC1)N1CCCCC1. The second kappa shape index (κ2) is 6.91. The first-order valence-corrected chi connectivity index (χ1v) is 8.71. The Bertz CT molecular complexity index is 574. The van der Waals surface area contributed by atoms with Crippen molar-refractivity contribution in [3.05, 3.63) is 34.9 Å². The molecule has 23 heavy (non-hydrogen) atoms. The van der Waals surface area contributed by atoms with Crippen molar-refractivity contribution in [2.75, 3.05) is 19.7 Å². The van der Waals surface area contributed by atoms with E-state index in [2.05, 4.69) is 0 Å². The summed E-state index contributed by atoms with van der Waals surface area (Å²) in [6, 6.07) is 7.36. The molecule has 1 aromatic carbocycles. The number of hydrogen-bond acceptors (Lipinski definition) is 3. The number of likely N-dealkylation sites (tertiary alicyclic amines) is 1. The molecule has 1 saturated carbocycles. The van der Waals surface area contributed by atoms with Gasteiger partial charge in [-0.3, -0.25) is 9.59 Å². The fourth-order valence-corrected chi connectivity index (χ4v) is 3.54. The van der Waals surface area contributed by atoms with Gasteiger partial charge in [0.25, 0.3) is 5.91 Å². The van der Waals surface area contributed by atoms with Gasteiger partial charge in [-0.05, 0) is 49.8 Å². The van der Waals surface area contributed by atoms with E-state index in [0.717, 1.165) is 50.8 Å². The molecule has 2 fully saturated rings. The van der Waals surface area contributed by atoms with Crippen molar-refractivity contribution in [1.29, 1.82) is 0 Å². The van der Waals surface area contributed by atoms with Crippen molar-refractivity contribution in [1.82, 2.24) is 4.90 Å². The van der Waals surface area contributed by atoms with Gasteiger partial charge in [0.05, 0.1) is 5.41 Å². The Labute approximate surface area is 141 Å². The van der Waals surface area contributed by atoms with E-state index in [0.29, 0.717) is 5.02 Å². The number of benzene rings is 1. The van der Waals surface area contributed by atoms with Gasteiger partial charge in [0.1, 0.15) is 0 Å². The molecular weight excluding hydrogens is 314 g/mol. The first-order valence-electron chi connectivity index (χ1n) is 8.33. The largest absolute Gasteiger partial charge is 0.455 e. The van der Waals surface area contributed by atoms with Gasteiger partial charge in [-0.15, -0.1) is 0 Å². The van der Waals surface area contributed by atoms with Crippen LogP contribution in [0.2, 0.25) is 5.02 Å². The second-order valence-corrected chi connectivity index (χ2v) is 6.90. The van der Waals surface area contributed by atoms with Gasteiger partial charge in [-0.2, -0.15) is 0 Å². The van der Waals surface area contributed by atoms with Gasteiger partial charge >= 0.3 is 5.97 Å². The Hall–Kier alpha value is -1.55. The van der Waals surface area contributed by atoms with Crippen molar-refractivity contribution in [2.24, 2.45) is 0 Å². The highest BCUT2D eigenvalue weighted by Gasteiger charge is 2.47. The summed E-state index contributed by atoms with van der Waals surface area (Å²) in [6.45, 7) is 1.41. The van der Waals surface area contributed by atoms with Crippen LogP contribution in [-0.2, 0) is 19.7 Å². The van der Waals surface area contributed by atoms with E-state index in [4.69, 9.17) is 16.3 Å². The normalized spacial score (nSPS) is 19.8. The Morgan fingerprint density at radius 1 is 1.04 bits per heavy atom. The van der Waals surface area contributed by atoms with E-state index >= 15 is 0 Å². The molecule has 0 bridgehead atoms. The minimum Gasteiger partial charge on any atom is -0.455 e. The topological polar surface area (TPSA) is 46.6 Å². The summed E-state index contributed by atoms with van der Waals surface area (Å²) < 4.78 is 5.39. The number of rotatable bonds is 4. The highest BCUT2D eigenvalue weighted by atomic mass is 35.5. The average Bonchev–Trinajstić information content (AvgIpc) is 2.54. The summed E-state index contributed by atoms with van der Waals surface area (Å²) in [4.78, 5) is 26.5. The first kappa shape index (κ1) is 16.3. The first-order chi connectivity index (χ1) is 11.1. The number of carbonyl (C=O) groups excluding carboxylic acids is 2. The number of amides is 1. The van der Waals surface area contributed by atoms with Crippen LogP contribution in [0.3, 0.4) is 0 Å². The number of carbonyl (C=O) groups is 2. The maximum atomic E-state index is 12.6. The number of hydrogen-bond donors (Lipinski definition) is 0. The van der Waals surface area contributed by atoms with Gasteiger partial charge in [0.15, 0.2) is 6.61 Å². The van der Waals surface area contributed by atoms with Crippen LogP contribution in [0.5, 0.6) is 0 Å². The quantitative estimate of drug-likeness (QED) is 0.793. The van der Waals surface area contributed by atoms with E-state index in [9.17, 15) is 9.59 Å². The number of nitrogens with zero attached hydrogens (tertiary/aromatic N) is 1. The zero-order valence-electron chi connectivity index (χ0n) is 13.2. The maximum absolute atomic E-state index is 12.6. The van der Waals surface area contributed by atoms with Crippen LogP contribution >= 0.6 is 11.6 Å². The van der Waals surface area contributed by atoms with Crippen molar-refractivity contribution in [2.45, 2.75) is 43.9 Å². The monoisotopic (exact) mass is 335 g/mol. The predicted octanol–water partition coefficient (Wildman–Crippen LogP) is 3.32. The molecule has 4 nitrogen and oxygen atoms in total. The third-order valence-corrected chi connectivity index (χ3v) is 5.28. The molecule has 124 valence electrons. The lowest BCUT2D eigenvalue weighted by molar-refractivity contribution is -0.160. The molecule has 1 heterocycles. The smallest absolute Gasteiger partial charge is 0.317 e. The predicted molar refractivity (Wildman–Crippen MR) is 88.4 cm³/mol. The fourth-order valence-electron chi connectivity index (χ4n) is 3.41. The molecule has 1 aliphatic carbocycles. The molecule has 1 aromatic rings. The van der Waals surface area contributed by atoms with Gasteiger partial charge < -0.3 is 9.64 Å². The third-order valence-electron chi connectivity index (χ3n) is 5.03. The van der Waals surface area contributed by atoms with E-state index in [1.54, 1.807) is 17.0 Å². The zero-order chi connectivity index (χ0) is 16.3. The lowest BCUT2D eigenvalue weighted by Gasteiger charge is -2.39. The minimum absolute atomic E-state index is 0.0800. The highest BCUT2D eigenvalue weighted by molar-refractivity contribution is 6.30. The Morgan fingerprint density at radius 2 is 1.70 bits per heavy atom. The van der Waals surface area contributed by atoms with Crippen LogP contribution < -0.4 is 0 Å². The van der Waals surface area contributed by atoms with Crippen LogP contribution in [0.1, 0.15) is 44.1 Å². The lowest BCUT2D eigenvalue weighted by atomic mass is 9.64. The molecule has 1 saturated heterocycles. The van der Waals surface area contributed by atoms with E-state index in [1.807, 2.05) is 12.1 Å². The van der Waals surface area contributed by atoms with E-state index < -0.39 is 5.41 Å². The molecule has 3 rings (SSSR count). The third kappa shape index (κ3) is 3.37. The van der Waals surface area contributed by atoms with E-state index in [1.165, 1.54) is 6.42 Å². The molecular formula is C18H22ClNO3. The number of esters is 1. The number of halogens is 1. The molecule has 1 aliphatic heterocycles. The van der Waals surface area contributed by atoms with E-state index in [-0.39, 0.29) is 18.5 Å². The summed E-state index contributed by atoms with van der Waals surface area (Å²) >= 11 is 5.92. The summed E-state index contributed by atoms with van der Waals surface area (Å²) in [7, 11) is 0. The highest BCUT2D eigenvalue weighted by Crippen LogP contribution is 2.45. The maximum Gasteiger partial charge on any atom is 0.317 e. The van der Waals surface area contributed by atoms with Crippen molar-refractivity contribution in [3.63, 3.8) is 0 Å². The van der Waals surface area contributed by atoms with Gasteiger partial charge in [0, 0.05) is 18.1 Å². The second-order valence-electron chi connectivity index (χ2n) is 6.46.